The zero-order valence-corrected chi connectivity index (χ0v) is 10.00. The molecule has 0 saturated heterocycles. The number of hydrogen-bond donors (Lipinski definition) is 0. The van der Waals surface area contributed by atoms with Crippen LogP contribution in [-0.2, 0) is 0 Å². The van der Waals surface area contributed by atoms with E-state index < -0.39 is 0 Å². The lowest BCUT2D eigenvalue weighted by atomic mass is 10.2. The first kappa shape index (κ1) is 11.2. The molecule has 2 nitrogen and oxygen atoms in total. The van der Waals surface area contributed by atoms with Crippen LogP contribution in [0.25, 0.3) is 10.8 Å². The highest BCUT2D eigenvalue weighted by molar-refractivity contribution is 6.34. The normalized spacial score (nSPS) is 10.6. The van der Waals surface area contributed by atoms with Crippen molar-refractivity contribution in [3.8, 4) is 5.75 Å². The fourth-order valence-corrected chi connectivity index (χ4v) is 1.77. The van der Waals surface area contributed by atoms with Gasteiger partial charge < -0.3 is 4.74 Å². The molecule has 0 amide bonds. The van der Waals surface area contributed by atoms with Gasteiger partial charge in [0.05, 0.1) is 6.61 Å². The third-order valence-corrected chi connectivity index (χ3v) is 2.76. The van der Waals surface area contributed by atoms with E-state index in [0.29, 0.717) is 5.15 Å². The van der Waals surface area contributed by atoms with E-state index in [0.717, 1.165) is 36.0 Å². The maximum absolute atomic E-state index is 5.98. The number of unbranched alkanes of at least 4 members (excludes halogenated alkanes) is 1. The monoisotopic (exact) mass is 235 g/mol. The number of nitrogens with zero attached hydrogens (tertiary/aromatic N) is 1. The topological polar surface area (TPSA) is 22.1 Å². The molecule has 1 aromatic carbocycles. The van der Waals surface area contributed by atoms with Crippen LogP contribution in [0.15, 0.2) is 30.5 Å². The maximum Gasteiger partial charge on any atom is 0.136 e. The van der Waals surface area contributed by atoms with Crippen molar-refractivity contribution in [1.29, 1.82) is 0 Å². The summed E-state index contributed by atoms with van der Waals surface area (Å²) in [6.07, 6.45) is 3.93. The Kier molecular flexibility index (Phi) is 3.62. The van der Waals surface area contributed by atoms with E-state index >= 15 is 0 Å². The van der Waals surface area contributed by atoms with E-state index in [9.17, 15) is 0 Å². The van der Waals surface area contributed by atoms with Crippen LogP contribution >= 0.6 is 11.6 Å². The van der Waals surface area contributed by atoms with Gasteiger partial charge in [-0.25, -0.2) is 4.98 Å². The molecule has 3 heteroatoms. The smallest absolute Gasteiger partial charge is 0.136 e. The quantitative estimate of drug-likeness (QED) is 0.589. The van der Waals surface area contributed by atoms with Crippen molar-refractivity contribution in [1.82, 2.24) is 4.98 Å². The van der Waals surface area contributed by atoms with Gasteiger partial charge in [0.25, 0.3) is 0 Å². The first-order valence-corrected chi connectivity index (χ1v) is 5.86. The molecule has 2 rings (SSSR count). The maximum atomic E-state index is 5.98. The average Bonchev–Trinajstić information content (AvgIpc) is 2.30. The Morgan fingerprint density at radius 3 is 3.00 bits per heavy atom. The molecule has 84 valence electrons. The van der Waals surface area contributed by atoms with Gasteiger partial charge in [-0.05, 0) is 36.1 Å². The van der Waals surface area contributed by atoms with Crippen LogP contribution in [0.3, 0.4) is 0 Å². The molecule has 0 aliphatic rings. The molecule has 0 atom stereocenters. The molecule has 16 heavy (non-hydrogen) atoms. The van der Waals surface area contributed by atoms with E-state index in [1.807, 2.05) is 24.3 Å². The zero-order chi connectivity index (χ0) is 11.4. The summed E-state index contributed by atoms with van der Waals surface area (Å²) in [5.74, 6) is 0.892. The van der Waals surface area contributed by atoms with E-state index in [2.05, 4.69) is 11.9 Å². The summed E-state index contributed by atoms with van der Waals surface area (Å²) in [4.78, 5) is 4.04. The van der Waals surface area contributed by atoms with Crippen molar-refractivity contribution in [2.75, 3.05) is 6.61 Å². The molecule has 0 radical (unpaired) electrons. The summed E-state index contributed by atoms with van der Waals surface area (Å²) in [5, 5.41) is 2.57. The lowest BCUT2D eigenvalue weighted by Crippen LogP contribution is -1.96. The molecule has 0 aliphatic heterocycles. The standard InChI is InChI=1S/C13H14ClNO/c1-2-3-8-16-11-4-5-12-10(9-11)6-7-15-13(12)14/h4-7,9H,2-3,8H2,1H3. The number of aromatic nitrogens is 1. The number of rotatable bonds is 4. The SMILES string of the molecule is CCCCOc1ccc2c(Cl)nccc2c1. The van der Waals surface area contributed by atoms with Crippen molar-refractivity contribution in [2.45, 2.75) is 19.8 Å². The van der Waals surface area contributed by atoms with E-state index in [-0.39, 0.29) is 0 Å². The molecule has 0 spiro atoms. The van der Waals surface area contributed by atoms with Crippen molar-refractivity contribution >= 4 is 22.4 Å². The van der Waals surface area contributed by atoms with Gasteiger partial charge in [-0.2, -0.15) is 0 Å². The van der Waals surface area contributed by atoms with Crippen LogP contribution in [0.4, 0.5) is 0 Å². The molecule has 0 bridgehead atoms. The van der Waals surface area contributed by atoms with Crippen LogP contribution in [0.2, 0.25) is 5.15 Å². The van der Waals surface area contributed by atoms with Gasteiger partial charge in [0.15, 0.2) is 0 Å². The summed E-state index contributed by atoms with van der Waals surface area (Å²) in [6, 6.07) is 7.82. The molecule has 1 heterocycles. The first-order chi connectivity index (χ1) is 7.81. The summed E-state index contributed by atoms with van der Waals surface area (Å²) in [7, 11) is 0. The van der Waals surface area contributed by atoms with Crippen LogP contribution in [0.5, 0.6) is 5.75 Å². The van der Waals surface area contributed by atoms with Crippen LogP contribution in [0.1, 0.15) is 19.8 Å². The molecule has 1 aromatic heterocycles. The van der Waals surface area contributed by atoms with Crippen molar-refractivity contribution < 1.29 is 4.74 Å². The second-order valence-electron chi connectivity index (χ2n) is 3.69. The largest absolute Gasteiger partial charge is 0.494 e. The van der Waals surface area contributed by atoms with E-state index in [4.69, 9.17) is 16.3 Å². The van der Waals surface area contributed by atoms with Gasteiger partial charge in [0.1, 0.15) is 10.9 Å². The Bertz CT molecular complexity index is 484. The summed E-state index contributed by atoms with van der Waals surface area (Å²) < 4.78 is 5.63. The minimum absolute atomic E-state index is 0.539. The van der Waals surface area contributed by atoms with Crippen molar-refractivity contribution in [3.63, 3.8) is 0 Å². The number of benzene rings is 1. The van der Waals surface area contributed by atoms with Crippen LogP contribution in [0, 0.1) is 0 Å². The van der Waals surface area contributed by atoms with Gasteiger partial charge >= 0.3 is 0 Å². The lowest BCUT2D eigenvalue weighted by molar-refractivity contribution is 0.310. The fraction of sp³-hybridized carbons (Fsp3) is 0.308. The number of fused-ring (bicyclic) bond motifs is 1. The fourth-order valence-electron chi connectivity index (χ4n) is 1.54. The summed E-state index contributed by atoms with van der Waals surface area (Å²) >= 11 is 5.98. The predicted octanol–water partition coefficient (Wildman–Crippen LogP) is 4.07. The van der Waals surface area contributed by atoms with Crippen molar-refractivity contribution in [3.05, 3.63) is 35.6 Å². The highest BCUT2D eigenvalue weighted by Crippen LogP contribution is 2.25. The molecule has 0 aliphatic carbocycles. The average molecular weight is 236 g/mol. The Labute approximate surface area is 100 Å². The van der Waals surface area contributed by atoms with Gasteiger partial charge in [-0.15, -0.1) is 0 Å². The second-order valence-corrected chi connectivity index (χ2v) is 4.04. The molecule has 2 aromatic rings. The summed E-state index contributed by atoms with van der Waals surface area (Å²) in [6.45, 7) is 2.91. The van der Waals surface area contributed by atoms with Gasteiger partial charge in [0, 0.05) is 11.6 Å². The molecule has 0 saturated carbocycles. The molecular formula is C13H14ClNO. The zero-order valence-electron chi connectivity index (χ0n) is 9.24. The first-order valence-electron chi connectivity index (χ1n) is 5.48. The Hall–Kier alpha value is -1.28. The molecular weight excluding hydrogens is 222 g/mol. The summed E-state index contributed by atoms with van der Waals surface area (Å²) in [5.41, 5.74) is 0. The van der Waals surface area contributed by atoms with Gasteiger partial charge in [-0.1, -0.05) is 24.9 Å². The van der Waals surface area contributed by atoms with Gasteiger partial charge in [-0.3, -0.25) is 0 Å². The third-order valence-electron chi connectivity index (χ3n) is 2.45. The number of halogens is 1. The highest BCUT2D eigenvalue weighted by Gasteiger charge is 2.01. The van der Waals surface area contributed by atoms with Crippen LogP contribution in [-0.4, -0.2) is 11.6 Å². The lowest BCUT2D eigenvalue weighted by Gasteiger charge is -2.06. The Balaban J connectivity index is 2.23. The Morgan fingerprint density at radius 1 is 1.31 bits per heavy atom. The minimum atomic E-state index is 0.539. The molecule has 0 fully saturated rings. The van der Waals surface area contributed by atoms with E-state index in [1.54, 1.807) is 6.20 Å². The predicted molar refractivity (Wildman–Crippen MR) is 67.2 cm³/mol. The molecule has 0 unspecified atom stereocenters. The second kappa shape index (κ2) is 5.17. The highest BCUT2D eigenvalue weighted by atomic mass is 35.5. The molecule has 0 N–H and O–H groups in total. The number of hydrogen-bond acceptors (Lipinski definition) is 2. The van der Waals surface area contributed by atoms with Crippen LogP contribution < -0.4 is 4.74 Å². The van der Waals surface area contributed by atoms with Crippen molar-refractivity contribution in [2.24, 2.45) is 0 Å². The van der Waals surface area contributed by atoms with Gasteiger partial charge in [0.2, 0.25) is 0 Å². The third kappa shape index (κ3) is 2.45. The number of pyridine rings is 1. The van der Waals surface area contributed by atoms with E-state index in [1.165, 1.54) is 0 Å². The Morgan fingerprint density at radius 2 is 2.19 bits per heavy atom. The minimum Gasteiger partial charge on any atom is -0.494 e. The number of ether oxygens (including phenoxy) is 1.